The molecule has 0 heterocycles. The van der Waals surface area contributed by atoms with Crippen molar-refractivity contribution in [3.05, 3.63) is 59.9 Å². The SMILES string of the molecule is O=C(NC1CCCC1)c1ccc(NS(=O)(=O)c2ccc(F)cc2)cc1. The fourth-order valence-corrected chi connectivity index (χ4v) is 3.91. The van der Waals surface area contributed by atoms with Gasteiger partial charge >= 0.3 is 0 Å². The van der Waals surface area contributed by atoms with Crippen LogP contribution >= 0.6 is 0 Å². The molecule has 1 amide bonds. The van der Waals surface area contributed by atoms with Gasteiger partial charge in [-0.1, -0.05) is 12.8 Å². The Morgan fingerprint density at radius 1 is 0.960 bits per heavy atom. The predicted octanol–water partition coefficient (Wildman–Crippen LogP) is 3.30. The first-order valence-corrected chi connectivity index (χ1v) is 9.62. The smallest absolute Gasteiger partial charge is 0.261 e. The zero-order chi connectivity index (χ0) is 17.9. The minimum Gasteiger partial charge on any atom is -0.349 e. The van der Waals surface area contributed by atoms with Crippen molar-refractivity contribution < 1.29 is 17.6 Å². The van der Waals surface area contributed by atoms with Crippen LogP contribution in [-0.4, -0.2) is 20.4 Å². The number of anilines is 1. The van der Waals surface area contributed by atoms with Crippen molar-refractivity contribution in [3.63, 3.8) is 0 Å². The first-order chi connectivity index (χ1) is 11.9. The molecule has 5 nitrogen and oxygen atoms in total. The third kappa shape index (κ3) is 4.36. The highest BCUT2D eigenvalue weighted by atomic mass is 32.2. The highest BCUT2D eigenvalue weighted by Crippen LogP contribution is 2.19. The third-order valence-electron chi connectivity index (χ3n) is 4.21. The van der Waals surface area contributed by atoms with Crippen LogP contribution in [-0.2, 0) is 10.0 Å². The summed E-state index contributed by atoms with van der Waals surface area (Å²) in [6.07, 6.45) is 4.27. The molecule has 0 unspecified atom stereocenters. The van der Waals surface area contributed by atoms with E-state index in [0.29, 0.717) is 11.3 Å². The molecule has 2 aromatic rings. The summed E-state index contributed by atoms with van der Waals surface area (Å²) in [4.78, 5) is 12.1. The standard InChI is InChI=1S/C18H19FN2O3S/c19-14-7-11-17(12-8-14)25(23,24)21-16-9-5-13(6-10-16)18(22)20-15-3-1-2-4-15/h5-12,15,21H,1-4H2,(H,20,22). The van der Waals surface area contributed by atoms with Crippen molar-refractivity contribution in [2.45, 2.75) is 36.6 Å². The summed E-state index contributed by atoms with van der Waals surface area (Å²) in [6.45, 7) is 0. The summed E-state index contributed by atoms with van der Waals surface area (Å²) in [5.74, 6) is -0.656. The Morgan fingerprint density at radius 3 is 2.16 bits per heavy atom. The van der Waals surface area contributed by atoms with Crippen LogP contribution < -0.4 is 10.0 Å². The molecule has 1 saturated carbocycles. The molecule has 1 fully saturated rings. The number of nitrogens with one attached hydrogen (secondary N) is 2. The van der Waals surface area contributed by atoms with E-state index in [4.69, 9.17) is 0 Å². The molecule has 0 radical (unpaired) electrons. The Bertz CT molecular complexity index is 843. The molecule has 3 rings (SSSR count). The monoisotopic (exact) mass is 362 g/mol. The molecular weight excluding hydrogens is 343 g/mol. The number of halogens is 1. The van der Waals surface area contributed by atoms with Crippen molar-refractivity contribution in [2.24, 2.45) is 0 Å². The number of benzene rings is 2. The quantitative estimate of drug-likeness (QED) is 0.857. The number of carbonyl (C=O) groups excluding carboxylic acids is 1. The fourth-order valence-electron chi connectivity index (χ4n) is 2.86. The zero-order valence-corrected chi connectivity index (χ0v) is 14.4. The van der Waals surface area contributed by atoms with Gasteiger partial charge in [-0.2, -0.15) is 0 Å². The van der Waals surface area contributed by atoms with E-state index in [1.807, 2.05) is 0 Å². The Kier molecular flexibility index (Phi) is 5.03. The topological polar surface area (TPSA) is 75.3 Å². The average molecular weight is 362 g/mol. The van der Waals surface area contributed by atoms with Crippen LogP contribution in [0.25, 0.3) is 0 Å². The van der Waals surface area contributed by atoms with Gasteiger partial charge in [0.25, 0.3) is 15.9 Å². The summed E-state index contributed by atoms with van der Waals surface area (Å²) in [5.41, 5.74) is 0.818. The van der Waals surface area contributed by atoms with Crippen molar-refractivity contribution in [3.8, 4) is 0 Å². The molecule has 0 spiro atoms. The van der Waals surface area contributed by atoms with Gasteiger partial charge in [0.1, 0.15) is 5.82 Å². The molecule has 2 aromatic carbocycles. The lowest BCUT2D eigenvalue weighted by Crippen LogP contribution is -2.32. The fraction of sp³-hybridized carbons (Fsp3) is 0.278. The van der Waals surface area contributed by atoms with E-state index < -0.39 is 15.8 Å². The van der Waals surface area contributed by atoms with Crippen LogP contribution in [0.5, 0.6) is 0 Å². The van der Waals surface area contributed by atoms with Gasteiger partial charge in [-0.15, -0.1) is 0 Å². The number of sulfonamides is 1. The molecule has 1 aliphatic carbocycles. The molecule has 0 aliphatic heterocycles. The number of amides is 1. The zero-order valence-electron chi connectivity index (χ0n) is 13.5. The van der Waals surface area contributed by atoms with Crippen LogP contribution in [0.1, 0.15) is 36.0 Å². The lowest BCUT2D eigenvalue weighted by Gasteiger charge is -2.12. The molecule has 25 heavy (non-hydrogen) atoms. The molecule has 0 saturated heterocycles. The lowest BCUT2D eigenvalue weighted by atomic mass is 10.1. The van der Waals surface area contributed by atoms with Crippen LogP contribution in [0.4, 0.5) is 10.1 Å². The second-order valence-corrected chi connectivity index (χ2v) is 7.77. The van der Waals surface area contributed by atoms with Gasteiger partial charge in [0.2, 0.25) is 0 Å². The van der Waals surface area contributed by atoms with E-state index in [2.05, 4.69) is 10.0 Å². The Morgan fingerprint density at radius 2 is 1.56 bits per heavy atom. The van der Waals surface area contributed by atoms with Crippen LogP contribution in [0, 0.1) is 5.82 Å². The van der Waals surface area contributed by atoms with E-state index in [-0.39, 0.29) is 16.8 Å². The summed E-state index contributed by atoms with van der Waals surface area (Å²) in [7, 11) is -3.80. The minimum absolute atomic E-state index is 0.0306. The largest absolute Gasteiger partial charge is 0.349 e. The van der Waals surface area contributed by atoms with Gasteiger partial charge in [0.15, 0.2) is 0 Å². The molecule has 7 heteroatoms. The predicted molar refractivity (Wildman–Crippen MR) is 93.4 cm³/mol. The molecule has 132 valence electrons. The van der Waals surface area contributed by atoms with Gasteiger partial charge in [-0.25, -0.2) is 12.8 Å². The van der Waals surface area contributed by atoms with Gasteiger partial charge in [-0.3, -0.25) is 9.52 Å². The first-order valence-electron chi connectivity index (χ1n) is 8.13. The van der Waals surface area contributed by atoms with Crippen LogP contribution in [0.15, 0.2) is 53.4 Å². The van der Waals surface area contributed by atoms with E-state index in [1.165, 1.54) is 24.3 Å². The summed E-state index contributed by atoms with van der Waals surface area (Å²) >= 11 is 0. The van der Waals surface area contributed by atoms with Gasteiger partial charge in [0.05, 0.1) is 4.90 Å². The minimum atomic E-state index is -3.80. The van der Waals surface area contributed by atoms with Crippen LogP contribution in [0.2, 0.25) is 0 Å². The van der Waals surface area contributed by atoms with Gasteiger partial charge in [-0.05, 0) is 61.4 Å². The molecule has 2 N–H and O–H groups in total. The van der Waals surface area contributed by atoms with Gasteiger partial charge < -0.3 is 5.32 Å². The lowest BCUT2D eigenvalue weighted by molar-refractivity contribution is 0.0938. The van der Waals surface area contributed by atoms with E-state index >= 15 is 0 Å². The summed E-state index contributed by atoms with van der Waals surface area (Å²) in [6, 6.07) is 11.0. The van der Waals surface area contributed by atoms with Crippen molar-refractivity contribution in [2.75, 3.05) is 4.72 Å². The van der Waals surface area contributed by atoms with Crippen molar-refractivity contribution >= 4 is 21.6 Å². The molecule has 0 bridgehead atoms. The van der Waals surface area contributed by atoms with Crippen LogP contribution in [0.3, 0.4) is 0 Å². The number of rotatable bonds is 5. The summed E-state index contributed by atoms with van der Waals surface area (Å²) in [5, 5.41) is 2.98. The highest BCUT2D eigenvalue weighted by Gasteiger charge is 2.18. The van der Waals surface area contributed by atoms with Gasteiger partial charge in [0, 0.05) is 17.3 Å². The van der Waals surface area contributed by atoms with E-state index in [1.54, 1.807) is 12.1 Å². The highest BCUT2D eigenvalue weighted by molar-refractivity contribution is 7.92. The maximum Gasteiger partial charge on any atom is 0.261 e. The normalized spacial score (nSPS) is 15.1. The maximum absolute atomic E-state index is 12.9. The molecule has 0 atom stereocenters. The van der Waals surface area contributed by atoms with E-state index in [9.17, 15) is 17.6 Å². The second-order valence-electron chi connectivity index (χ2n) is 6.09. The molecule has 0 aromatic heterocycles. The number of hydrogen-bond acceptors (Lipinski definition) is 3. The van der Waals surface area contributed by atoms with Crippen molar-refractivity contribution in [1.82, 2.24) is 5.32 Å². The third-order valence-corrected chi connectivity index (χ3v) is 5.61. The average Bonchev–Trinajstić information content (AvgIpc) is 3.08. The van der Waals surface area contributed by atoms with E-state index in [0.717, 1.165) is 37.8 Å². The maximum atomic E-state index is 12.9. The van der Waals surface area contributed by atoms with Crippen molar-refractivity contribution in [1.29, 1.82) is 0 Å². The Balaban J connectivity index is 1.67. The number of hydrogen-bond donors (Lipinski definition) is 2. The molecular formula is C18H19FN2O3S. The molecule has 1 aliphatic rings. The summed E-state index contributed by atoms with van der Waals surface area (Å²) < 4.78 is 39.8. The second kappa shape index (κ2) is 7.23. The number of carbonyl (C=O) groups is 1. The first kappa shape index (κ1) is 17.4. The Labute approximate surface area is 146 Å². The Hall–Kier alpha value is -2.41.